The molecule has 7 heteroatoms. The molecule has 0 spiro atoms. The van der Waals surface area contributed by atoms with Crippen LogP contribution in [0.5, 0.6) is 0 Å². The standard InChI is InChI=1S/C16H22N2O4S/c1-4-16(19)17-10-14-11-22-8-7-18(14)23(20,21)15-6-5-12(2)13(3)9-15/h4-6,9,14H,1,7-8,10-11H2,2-3H3,(H,17,19). The lowest BCUT2D eigenvalue weighted by Gasteiger charge is -2.34. The highest BCUT2D eigenvalue weighted by Gasteiger charge is 2.34. The molecule has 1 saturated heterocycles. The predicted molar refractivity (Wildman–Crippen MR) is 87.6 cm³/mol. The lowest BCUT2D eigenvalue weighted by atomic mass is 10.1. The van der Waals surface area contributed by atoms with Gasteiger partial charge >= 0.3 is 0 Å². The number of nitrogens with one attached hydrogen (secondary N) is 1. The van der Waals surface area contributed by atoms with E-state index in [9.17, 15) is 13.2 Å². The number of hydrogen-bond donors (Lipinski definition) is 1. The number of amides is 1. The molecule has 1 aromatic rings. The monoisotopic (exact) mass is 338 g/mol. The third-order valence-electron chi connectivity index (χ3n) is 3.96. The Balaban J connectivity index is 2.25. The Bertz CT molecular complexity index is 700. The number of ether oxygens (including phenoxy) is 1. The second-order valence-electron chi connectivity index (χ2n) is 5.54. The van der Waals surface area contributed by atoms with E-state index in [1.54, 1.807) is 18.2 Å². The van der Waals surface area contributed by atoms with Gasteiger partial charge in [0.05, 0.1) is 24.2 Å². The average molecular weight is 338 g/mol. The molecule has 0 aromatic heterocycles. The first kappa shape index (κ1) is 17.7. The topological polar surface area (TPSA) is 75.7 Å². The number of rotatable bonds is 5. The number of carbonyl (C=O) groups is 1. The summed E-state index contributed by atoms with van der Waals surface area (Å²) in [6.45, 7) is 8.26. The van der Waals surface area contributed by atoms with Crippen molar-refractivity contribution in [2.75, 3.05) is 26.3 Å². The van der Waals surface area contributed by atoms with Crippen molar-refractivity contribution in [1.82, 2.24) is 9.62 Å². The molecule has 0 bridgehead atoms. The molecule has 0 saturated carbocycles. The van der Waals surface area contributed by atoms with Gasteiger partial charge in [-0.15, -0.1) is 0 Å². The molecule has 0 aliphatic carbocycles. The molecule has 1 amide bonds. The van der Waals surface area contributed by atoms with Crippen LogP contribution in [0.2, 0.25) is 0 Å². The van der Waals surface area contributed by atoms with Gasteiger partial charge in [-0.1, -0.05) is 12.6 Å². The second-order valence-corrected chi connectivity index (χ2v) is 7.43. The van der Waals surface area contributed by atoms with E-state index in [0.29, 0.717) is 6.61 Å². The first-order valence-corrected chi connectivity index (χ1v) is 8.87. The molecule has 2 rings (SSSR count). The van der Waals surface area contributed by atoms with E-state index >= 15 is 0 Å². The Labute approximate surface area is 137 Å². The summed E-state index contributed by atoms with van der Waals surface area (Å²) < 4.78 is 32.6. The number of carbonyl (C=O) groups excluding carboxylic acids is 1. The molecule has 1 fully saturated rings. The fourth-order valence-electron chi connectivity index (χ4n) is 2.42. The van der Waals surface area contributed by atoms with Crippen molar-refractivity contribution in [3.05, 3.63) is 42.0 Å². The average Bonchev–Trinajstić information content (AvgIpc) is 2.55. The summed E-state index contributed by atoms with van der Waals surface area (Å²) in [6.07, 6.45) is 1.16. The van der Waals surface area contributed by atoms with Crippen molar-refractivity contribution in [2.45, 2.75) is 24.8 Å². The number of aryl methyl sites for hydroxylation is 2. The van der Waals surface area contributed by atoms with E-state index in [2.05, 4.69) is 11.9 Å². The first-order valence-electron chi connectivity index (χ1n) is 7.43. The molecule has 1 aromatic carbocycles. The third-order valence-corrected chi connectivity index (χ3v) is 5.90. The number of hydrogen-bond acceptors (Lipinski definition) is 4. The smallest absolute Gasteiger partial charge is 0.243 e. The van der Waals surface area contributed by atoms with Crippen LogP contribution in [0.1, 0.15) is 11.1 Å². The van der Waals surface area contributed by atoms with Crippen LogP contribution in [-0.4, -0.2) is 51.0 Å². The number of sulfonamides is 1. The zero-order chi connectivity index (χ0) is 17.0. The van der Waals surface area contributed by atoms with Crippen molar-refractivity contribution in [1.29, 1.82) is 0 Å². The molecule has 1 unspecified atom stereocenters. The highest BCUT2D eigenvalue weighted by Crippen LogP contribution is 2.22. The highest BCUT2D eigenvalue weighted by atomic mass is 32.2. The third kappa shape index (κ3) is 3.99. The van der Waals surface area contributed by atoms with Crippen LogP contribution in [-0.2, 0) is 19.6 Å². The Kier molecular flexibility index (Phi) is 5.56. The van der Waals surface area contributed by atoms with Gasteiger partial charge in [-0.3, -0.25) is 4.79 Å². The Morgan fingerprint density at radius 3 is 2.83 bits per heavy atom. The molecule has 0 radical (unpaired) electrons. The molecule has 1 aliphatic heterocycles. The summed E-state index contributed by atoms with van der Waals surface area (Å²) >= 11 is 0. The van der Waals surface area contributed by atoms with Crippen molar-refractivity contribution < 1.29 is 17.9 Å². The van der Waals surface area contributed by atoms with Crippen LogP contribution in [0.4, 0.5) is 0 Å². The molecule has 23 heavy (non-hydrogen) atoms. The van der Waals surface area contributed by atoms with Gasteiger partial charge in [0.25, 0.3) is 0 Å². The second kappa shape index (κ2) is 7.25. The summed E-state index contributed by atoms with van der Waals surface area (Å²) in [6, 6.07) is 4.67. The van der Waals surface area contributed by atoms with Crippen LogP contribution in [0.3, 0.4) is 0 Å². The minimum absolute atomic E-state index is 0.189. The van der Waals surface area contributed by atoms with Crippen LogP contribution in [0.15, 0.2) is 35.7 Å². The molecule has 6 nitrogen and oxygen atoms in total. The van der Waals surface area contributed by atoms with Gasteiger partial charge in [0, 0.05) is 13.1 Å². The Morgan fingerprint density at radius 2 is 2.17 bits per heavy atom. The quantitative estimate of drug-likeness (QED) is 0.813. The van der Waals surface area contributed by atoms with E-state index < -0.39 is 16.1 Å². The van der Waals surface area contributed by atoms with Gasteiger partial charge < -0.3 is 10.1 Å². The van der Waals surface area contributed by atoms with Crippen molar-refractivity contribution >= 4 is 15.9 Å². The molecule has 1 N–H and O–H groups in total. The minimum atomic E-state index is -3.63. The van der Waals surface area contributed by atoms with Crippen LogP contribution in [0.25, 0.3) is 0 Å². The maximum absolute atomic E-state index is 12.9. The van der Waals surface area contributed by atoms with Crippen molar-refractivity contribution in [3.63, 3.8) is 0 Å². The molecule has 1 aliphatic rings. The van der Waals surface area contributed by atoms with Crippen LogP contribution < -0.4 is 5.32 Å². The largest absolute Gasteiger partial charge is 0.378 e. The first-order chi connectivity index (χ1) is 10.9. The van der Waals surface area contributed by atoms with Gasteiger partial charge in [-0.05, 0) is 43.2 Å². The van der Waals surface area contributed by atoms with Gasteiger partial charge in [-0.2, -0.15) is 4.31 Å². The Hall–Kier alpha value is -1.70. The maximum atomic E-state index is 12.9. The zero-order valence-electron chi connectivity index (χ0n) is 13.4. The van der Waals surface area contributed by atoms with Crippen LogP contribution >= 0.6 is 0 Å². The number of nitrogens with zero attached hydrogens (tertiary/aromatic N) is 1. The van der Waals surface area contributed by atoms with Gasteiger partial charge in [0.15, 0.2) is 0 Å². The van der Waals surface area contributed by atoms with Crippen LogP contribution in [0, 0.1) is 13.8 Å². The lowest BCUT2D eigenvalue weighted by Crippen LogP contribution is -2.53. The highest BCUT2D eigenvalue weighted by molar-refractivity contribution is 7.89. The zero-order valence-corrected chi connectivity index (χ0v) is 14.2. The summed E-state index contributed by atoms with van der Waals surface area (Å²) in [5, 5.41) is 2.63. The lowest BCUT2D eigenvalue weighted by molar-refractivity contribution is -0.116. The Morgan fingerprint density at radius 1 is 1.43 bits per heavy atom. The molecule has 1 atom stereocenters. The van der Waals surface area contributed by atoms with E-state index in [1.165, 1.54) is 4.31 Å². The number of benzene rings is 1. The SMILES string of the molecule is C=CC(=O)NCC1COCCN1S(=O)(=O)c1ccc(C)c(C)c1. The fraction of sp³-hybridized carbons (Fsp3) is 0.438. The fourth-order valence-corrected chi connectivity index (χ4v) is 4.10. The summed E-state index contributed by atoms with van der Waals surface area (Å²) in [5.74, 6) is -0.334. The maximum Gasteiger partial charge on any atom is 0.243 e. The van der Waals surface area contributed by atoms with Gasteiger partial charge in [0.2, 0.25) is 15.9 Å². The van der Waals surface area contributed by atoms with Crippen molar-refractivity contribution in [2.24, 2.45) is 0 Å². The minimum Gasteiger partial charge on any atom is -0.378 e. The molecule has 126 valence electrons. The summed E-state index contributed by atoms with van der Waals surface area (Å²) in [4.78, 5) is 11.6. The van der Waals surface area contributed by atoms with E-state index in [1.807, 2.05) is 13.8 Å². The molecule has 1 heterocycles. The number of morpholine rings is 1. The predicted octanol–water partition coefficient (Wildman–Crippen LogP) is 0.995. The summed E-state index contributed by atoms with van der Waals surface area (Å²) in [5.41, 5.74) is 1.97. The van der Waals surface area contributed by atoms with Gasteiger partial charge in [-0.25, -0.2) is 8.42 Å². The summed E-state index contributed by atoms with van der Waals surface area (Å²) in [7, 11) is -3.63. The van der Waals surface area contributed by atoms with E-state index in [-0.39, 0.29) is 30.5 Å². The van der Waals surface area contributed by atoms with Gasteiger partial charge in [0.1, 0.15) is 0 Å². The molecular formula is C16H22N2O4S. The van der Waals surface area contributed by atoms with E-state index in [4.69, 9.17) is 4.74 Å². The normalized spacial score (nSPS) is 19.3. The molecular weight excluding hydrogens is 316 g/mol. The van der Waals surface area contributed by atoms with E-state index in [0.717, 1.165) is 17.2 Å². The van der Waals surface area contributed by atoms with Crippen molar-refractivity contribution in [3.8, 4) is 0 Å².